The highest BCUT2D eigenvalue weighted by Crippen LogP contribution is 2.16. The fourth-order valence-corrected chi connectivity index (χ4v) is 2.11. The van der Waals surface area contributed by atoms with E-state index in [1.165, 1.54) is 24.3 Å². The third-order valence-electron chi connectivity index (χ3n) is 2.34. The molecule has 0 amide bonds. The van der Waals surface area contributed by atoms with Crippen molar-refractivity contribution >= 4 is 33.5 Å². The molecule has 2 aromatic rings. The fraction of sp³-hybridized carbons (Fsp3) is 0. The van der Waals surface area contributed by atoms with Gasteiger partial charge in [0.2, 0.25) is 0 Å². The van der Waals surface area contributed by atoms with Crippen LogP contribution < -0.4 is 11.2 Å². The van der Waals surface area contributed by atoms with Crippen LogP contribution in [0.4, 0.5) is 0 Å². The van der Waals surface area contributed by atoms with Crippen LogP contribution in [-0.4, -0.2) is 26.1 Å². The Morgan fingerprint density at radius 2 is 1.80 bits per heavy atom. The SMILES string of the molecule is O.O=C(O)c1c(Br)c(=O)[nH]c(=O)n1-c1ccc(Cl)cc1. The lowest BCUT2D eigenvalue weighted by atomic mass is 10.3. The Morgan fingerprint density at radius 1 is 1.25 bits per heavy atom. The van der Waals surface area contributed by atoms with E-state index in [4.69, 9.17) is 16.7 Å². The molecule has 0 unspecified atom stereocenters. The molecule has 0 aliphatic rings. The summed E-state index contributed by atoms with van der Waals surface area (Å²) < 4.78 is 0.652. The van der Waals surface area contributed by atoms with Crippen LogP contribution in [0, 0.1) is 0 Å². The zero-order valence-corrected chi connectivity index (χ0v) is 12.0. The third kappa shape index (κ3) is 2.82. The van der Waals surface area contributed by atoms with Crippen LogP contribution in [0.25, 0.3) is 5.69 Å². The topological polar surface area (TPSA) is 124 Å². The molecule has 1 aromatic heterocycles. The summed E-state index contributed by atoms with van der Waals surface area (Å²) in [5.74, 6) is -1.40. The number of carboxylic acids is 1. The van der Waals surface area contributed by atoms with Crippen LogP contribution in [0.2, 0.25) is 5.02 Å². The number of aromatic amines is 1. The molecule has 2 rings (SSSR count). The van der Waals surface area contributed by atoms with Gasteiger partial charge in [-0.3, -0.25) is 14.3 Å². The predicted molar refractivity (Wildman–Crippen MR) is 75.9 cm³/mol. The highest BCUT2D eigenvalue weighted by Gasteiger charge is 2.20. The van der Waals surface area contributed by atoms with E-state index in [0.29, 0.717) is 5.02 Å². The van der Waals surface area contributed by atoms with E-state index in [1.807, 2.05) is 4.98 Å². The molecule has 0 aliphatic carbocycles. The van der Waals surface area contributed by atoms with Gasteiger partial charge in [0.15, 0.2) is 5.69 Å². The summed E-state index contributed by atoms with van der Waals surface area (Å²) in [7, 11) is 0. The van der Waals surface area contributed by atoms with Crippen molar-refractivity contribution in [3.8, 4) is 5.69 Å². The van der Waals surface area contributed by atoms with Gasteiger partial charge in [0.05, 0.1) is 5.69 Å². The number of aromatic nitrogens is 2. The second-order valence-electron chi connectivity index (χ2n) is 3.54. The maximum atomic E-state index is 11.8. The second kappa shape index (κ2) is 6.04. The number of hydrogen-bond acceptors (Lipinski definition) is 3. The molecule has 106 valence electrons. The monoisotopic (exact) mass is 362 g/mol. The maximum absolute atomic E-state index is 11.8. The lowest BCUT2D eigenvalue weighted by molar-refractivity contribution is 0.0685. The molecule has 9 heteroatoms. The lowest BCUT2D eigenvalue weighted by Crippen LogP contribution is -2.34. The first-order chi connectivity index (χ1) is 8.91. The van der Waals surface area contributed by atoms with Gasteiger partial charge in [-0.2, -0.15) is 0 Å². The van der Waals surface area contributed by atoms with Crippen molar-refractivity contribution in [2.45, 2.75) is 0 Å². The van der Waals surface area contributed by atoms with Crippen LogP contribution >= 0.6 is 27.5 Å². The highest BCUT2D eigenvalue weighted by molar-refractivity contribution is 9.10. The fourth-order valence-electron chi connectivity index (χ4n) is 1.54. The van der Waals surface area contributed by atoms with Crippen LogP contribution in [0.1, 0.15) is 10.5 Å². The number of carbonyl (C=O) groups is 1. The van der Waals surface area contributed by atoms with Crippen LogP contribution in [-0.2, 0) is 0 Å². The van der Waals surface area contributed by atoms with Gasteiger partial charge < -0.3 is 10.6 Å². The Morgan fingerprint density at radius 3 is 2.30 bits per heavy atom. The summed E-state index contributed by atoms with van der Waals surface area (Å²) in [6.07, 6.45) is 0. The molecular weight excluding hydrogens is 355 g/mol. The van der Waals surface area contributed by atoms with Crippen LogP contribution in [0.3, 0.4) is 0 Å². The minimum atomic E-state index is -1.40. The Kier molecular flexibility index (Phi) is 4.88. The molecule has 0 fully saturated rings. The normalized spacial score (nSPS) is 9.90. The van der Waals surface area contributed by atoms with Crippen molar-refractivity contribution < 1.29 is 15.4 Å². The number of H-pyrrole nitrogens is 1. The van der Waals surface area contributed by atoms with Crippen molar-refractivity contribution in [3.63, 3.8) is 0 Å². The summed E-state index contributed by atoms with van der Waals surface area (Å²) >= 11 is 8.59. The van der Waals surface area contributed by atoms with Crippen LogP contribution in [0.15, 0.2) is 38.3 Å². The van der Waals surface area contributed by atoms with Gasteiger partial charge in [0.1, 0.15) is 4.47 Å². The molecule has 0 atom stereocenters. The number of nitrogens with zero attached hydrogens (tertiary/aromatic N) is 1. The van der Waals surface area contributed by atoms with Gasteiger partial charge in [0, 0.05) is 5.02 Å². The molecule has 1 heterocycles. The van der Waals surface area contributed by atoms with Crippen molar-refractivity contribution in [1.82, 2.24) is 9.55 Å². The zero-order chi connectivity index (χ0) is 14.2. The van der Waals surface area contributed by atoms with Gasteiger partial charge in [0.25, 0.3) is 5.56 Å². The summed E-state index contributed by atoms with van der Waals surface area (Å²) in [5.41, 5.74) is -1.81. The molecular formula is C11H8BrClN2O5. The predicted octanol–water partition coefficient (Wildman–Crippen LogP) is 0.815. The smallest absolute Gasteiger partial charge is 0.354 e. The third-order valence-corrected chi connectivity index (χ3v) is 3.33. The first kappa shape index (κ1) is 16.2. The number of benzene rings is 1. The lowest BCUT2D eigenvalue weighted by Gasteiger charge is -2.10. The first-order valence-electron chi connectivity index (χ1n) is 4.96. The van der Waals surface area contributed by atoms with E-state index < -0.39 is 22.9 Å². The van der Waals surface area contributed by atoms with Crippen molar-refractivity contribution in [2.24, 2.45) is 0 Å². The Bertz CT molecular complexity index is 766. The molecule has 0 saturated heterocycles. The molecule has 0 saturated carbocycles. The van der Waals surface area contributed by atoms with Crippen LogP contribution in [0.5, 0.6) is 0 Å². The number of aromatic carboxylic acids is 1. The first-order valence-corrected chi connectivity index (χ1v) is 6.13. The van der Waals surface area contributed by atoms with Crippen molar-refractivity contribution in [2.75, 3.05) is 0 Å². The second-order valence-corrected chi connectivity index (χ2v) is 4.77. The zero-order valence-electron chi connectivity index (χ0n) is 9.68. The van der Waals surface area contributed by atoms with Gasteiger partial charge in [-0.15, -0.1) is 0 Å². The quantitative estimate of drug-likeness (QED) is 0.819. The highest BCUT2D eigenvalue weighted by atomic mass is 79.9. The number of halogens is 2. The molecule has 0 radical (unpaired) electrons. The van der Waals surface area contributed by atoms with E-state index in [9.17, 15) is 14.4 Å². The summed E-state index contributed by atoms with van der Waals surface area (Å²) in [6, 6.07) is 5.96. The Labute approximate surface area is 124 Å². The molecule has 7 nitrogen and oxygen atoms in total. The average molecular weight is 364 g/mol. The van der Waals surface area contributed by atoms with Gasteiger partial charge >= 0.3 is 11.7 Å². The Balaban J connectivity index is 0.00000200. The van der Waals surface area contributed by atoms with Crippen molar-refractivity contribution in [1.29, 1.82) is 0 Å². The molecule has 0 bridgehead atoms. The molecule has 4 N–H and O–H groups in total. The average Bonchev–Trinajstić information content (AvgIpc) is 2.34. The largest absolute Gasteiger partial charge is 0.477 e. The number of nitrogens with one attached hydrogen (secondary N) is 1. The summed E-state index contributed by atoms with van der Waals surface area (Å²) in [4.78, 5) is 36.4. The standard InChI is InChI=1S/C11H6BrClN2O4.H2O/c12-7-8(10(17)18)15(11(19)14-9(7)16)6-3-1-5(13)2-4-6;/h1-4H,(H,17,18)(H,14,16,19);1H2. The summed E-state index contributed by atoms with van der Waals surface area (Å²) in [5, 5.41) is 9.58. The van der Waals surface area contributed by atoms with E-state index in [0.717, 1.165) is 4.57 Å². The molecule has 1 aromatic carbocycles. The van der Waals surface area contributed by atoms with E-state index in [-0.39, 0.29) is 15.6 Å². The van der Waals surface area contributed by atoms with Gasteiger partial charge in [-0.05, 0) is 40.2 Å². The minimum Gasteiger partial charge on any atom is -0.477 e. The van der Waals surface area contributed by atoms with E-state index in [2.05, 4.69) is 15.9 Å². The van der Waals surface area contributed by atoms with Gasteiger partial charge in [-0.1, -0.05) is 11.6 Å². The molecule has 0 spiro atoms. The van der Waals surface area contributed by atoms with Crippen molar-refractivity contribution in [3.05, 3.63) is 60.3 Å². The van der Waals surface area contributed by atoms with E-state index >= 15 is 0 Å². The van der Waals surface area contributed by atoms with E-state index in [1.54, 1.807) is 0 Å². The Hall–Kier alpha value is -1.90. The number of rotatable bonds is 2. The molecule has 0 aliphatic heterocycles. The number of hydrogen-bond donors (Lipinski definition) is 2. The van der Waals surface area contributed by atoms with Gasteiger partial charge in [-0.25, -0.2) is 9.59 Å². The minimum absolute atomic E-state index is 0. The summed E-state index contributed by atoms with van der Waals surface area (Å²) in [6.45, 7) is 0. The molecule has 20 heavy (non-hydrogen) atoms. The maximum Gasteiger partial charge on any atom is 0.354 e. The number of carboxylic acid groups (broad SMARTS) is 1.